The number of nitrogens with zero attached hydrogens (tertiary/aromatic N) is 3. The summed E-state index contributed by atoms with van der Waals surface area (Å²) in [6.07, 6.45) is 10.0. The summed E-state index contributed by atoms with van der Waals surface area (Å²) in [5.41, 5.74) is 1.27. The van der Waals surface area contributed by atoms with Gasteiger partial charge in [-0.05, 0) is 61.8 Å². The molecule has 1 aliphatic carbocycles. The molecule has 1 aromatic carbocycles. The number of hydrogen-bond donors (Lipinski definition) is 0. The molecule has 1 heterocycles. The smallest absolute Gasteiger partial charge is 0.119 e. The Hall–Kier alpha value is -1.98. The van der Waals surface area contributed by atoms with Gasteiger partial charge in [-0.25, -0.2) is 9.29 Å². The number of imidazole rings is 1. The lowest BCUT2D eigenvalue weighted by molar-refractivity contribution is 0.340. The Morgan fingerprint density at radius 1 is 1.17 bits per heavy atom. The van der Waals surface area contributed by atoms with E-state index >= 15 is 0 Å². The van der Waals surface area contributed by atoms with Crippen LogP contribution < -0.4 is 15.4 Å². The average Bonchev–Trinajstić information content (AvgIpc) is 3.53. The third-order valence-electron chi connectivity index (χ3n) is 5.37. The molecule has 0 radical (unpaired) electrons. The van der Waals surface area contributed by atoms with Gasteiger partial charge in [-0.15, -0.1) is 0 Å². The van der Waals surface area contributed by atoms with E-state index in [-0.39, 0.29) is 0 Å². The Morgan fingerprint density at radius 2 is 1.90 bits per heavy atom. The fourth-order valence-corrected chi connectivity index (χ4v) is 4.12. The average molecular weight is 426 g/mol. The summed E-state index contributed by atoms with van der Waals surface area (Å²) in [5.74, 6) is 2.87. The molecule has 3 rings (SSSR count). The lowest BCUT2D eigenvalue weighted by Gasteiger charge is -2.12. The zero-order valence-corrected chi connectivity index (χ0v) is 19.6. The van der Waals surface area contributed by atoms with Crippen molar-refractivity contribution >= 4 is 24.1 Å². The van der Waals surface area contributed by atoms with E-state index in [9.17, 15) is 0 Å². The van der Waals surface area contributed by atoms with E-state index in [0.717, 1.165) is 48.9 Å². The standard InChI is InChI=1S/C25H35N3OS/c1-5-23-24(10-9-17-30-27(6-2)7-3)28(19-21-11-12-21)25(26-23)18-20-13-15-22(16-14-20)29-8-4/h5,9-10,13-17,21H,6-8,11-12,18-19H2,1-4H3/b17-9+,23-5+,24-10+. The second-order valence-corrected chi connectivity index (χ2v) is 8.61. The van der Waals surface area contributed by atoms with Gasteiger partial charge in [-0.1, -0.05) is 50.1 Å². The van der Waals surface area contributed by atoms with Crippen molar-refractivity contribution in [2.24, 2.45) is 5.92 Å². The van der Waals surface area contributed by atoms with Gasteiger partial charge >= 0.3 is 0 Å². The predicted molar refractivity (Wildman–Crippen MR) is 129 cm³/mol. The first-order chi connectivity index (χ1) is 14.7. The van der Waals surface area contributed by atoms with Gasteiger partial charge < -0.3 is 9.30 Å². The summed E-state index contributed by atoms with van der Waals surface area (Å²) in [7, 11) is 0. The number of rotatable bonds is 11. The Kier molecular flexibility index (Phi) is 8.64. The maximum Gasteiger partial charge on any atom is 0.119 e. The van der Waals surface area contributed by atoms with E-state index in [1.54, 1.807) is 11.9 Å². The lowest BCUT2D eigenvalue weighted by Crippen LogP contribution is -2.30. The molecule has 1 saturated carbocycles. The fourth-order valence-electron chi connectivity index (χ4n) is 3.50. The molecule has 0 aliphatic heterocycles. The van der Waals surface area contributed by atoms with E-state index in [1.807, 2.05) is 6.92 Å². The Labute approximate surface area is 185 Å². The molecule has 5 heteroatoms. The molecule has 2 aromatic rings. The Balaban J connectivity index is 1.87. The van der Waals surface area contributed by atoms with E-state index in [4.69, 9.17) is 9.72 Å². The highest BCUT2D eigenvalue weighted by molar-refractivity contribution is 7.99. The van der Waals surface area contributed by atoms with Crippen molar-refractivity contribution in [2.45, 2.75) is 53.5 Å². The third kappa shape index (κ3) is 6.26. The van der Waals surface area contributed by atoms with Crippen molar-refractivity contribution < 1.29 is 4.74 Å². The van der Waals surface area contributed by atoms with Crippen molar-refractivity contribution in [3.63, 3.8) is 0 Å². The van der Waals surface area contributed by atoms with Crippen LogP contribution in [0.4, 0.5) is 0 Å². The quantitative estimate of drug-likeness (QED) is 0.500. The minimum absolute atomic E-state index is 0.695. The highest BCUT2D eigenvalue weighted by atomic mass is 32.2. The van der Waals surface area contributed by atoms with Crippen molar-refractivity contribution in [1.82, 2.24) is 13.9 Å². The van der Waals surface area contributed by atoms with Crippen LogP contribution in [0.3, 0.4) is 0 Å². The van der Waals surface area contributed by atoms with Gasteiger partial charge in [0.15, 0.2) is 0 Å². The largest absolute Gasteiger partial charge is 0.494 e. The van der Waals surface area contributed by atoms with Crippen LogP contribution >= 0.6 is 11.9 Å². The normalized spacial score (nSPS) is 15.6. The molecule has 1 aliphatic rings. The van der Waals surface area contributed by atoms with E-state index in [1.165, 1.54) is 23.8 Å². The molecule has 1 aromatic heterocycles. The van der Waals surface area contributed by atoms with Gasteiger partial charge in [0, 0.05) is 26.1 Å². The minimum Gasteiger partial charge on any atom is -0.494 e. The maximum absolute atomic E-state index is 5.58. The zero-order chi connectivity index (χ0) is 21.3. The second kappa shape index (κ2) is 11.4. The molecule has 0 bridgehead atoms. The fraction of sp³-hybridized carbons (Fsp3) is 0.480. The molecule has 0 atom stereocenters. The molecule has 1 fully saturated rings. The topological polar surface area (TPSA) is 30.3 Å². The predicted octanol–water partition coefficient (Wildman–Crippen LogP) is 4.37. The Bertz CT molecular complexity index is 938. The summed E-state index contributed by atoms with van der Waals surface area (Å²) >= 11 is 1.77. The van der Waals surface area contributed by atoms with E-state index < -0.39 is 0 Å². The van der Waals surface area contributed by atoms with Gasteiger partial charge in [0.2, 0.25) is 0 Å². The highest BCUT2D eigenvalue weighted by Gasteiger charge is 2.23. The third-order valence-corrected chi connectivity index (χ3v) is 6.46. The monoisotopic (exact) mass is 425 g/mol. The van der Waals surface area contributed by atoms with Crippen molar-refractivity contribution in [3.05, 3.63) is 57.8 Å². The summed E-state index contributed by atoms with van der Waals surface area (Å²) in [6, 6.07) is 8.42. The van der Waals surface area contributed by atoms with Crippen LogP contribution in [-0.4, -0.2) is 33.6 Å². The van der Waals surface area contributed by atoms with Crippen LogP contribution in [-0.2, 0) is 13.0 Å². The number of aromatic nitrogens is 2. The molecular formula is C25H35N3OS. The van der Waals surface area contributed by atoms with Crippen LogP contribution in [0, 0.1) is 5.92 Å². The molecule has 162 valence electrons. The SMILES string of the molecule is C/C=c1/nc(Cc2ccc(OCC)cc2)n(CC2CC2)/c1=C/C=C/SN(CC)CC. The van der Waals surface area contributed by atoms with Crippen LogP contribution in [0.5, 0.6) is 5.75 Å². The molecule has 0 N–H and O–H groups in total. The molecule has 0 saturated heterocycles. The lowest BCUT2D eigenvalue weighted by atomic mass is 10.1. The number of ether oxygens (including phenoxy) is 1. The van der Waals surface area contributed by atoms with Gasteiger partial charge in [0.05, 0.1) is 17.3 Å². The molecule has 4 nitrogen and oxygen atoms in total. The minimum atomic E-state index is 0.695. The number of allylic oxidation sites excluding steroid dienone is 1. The number of hydrogen-bond acceptors (Lipinski definition) is 4. The number of benzene rings is 1. The van der Waals surface area contributed by atoms with Gasteiger partial charge in [0.25, 0.3) is 0 Å². The van der Waals surface area contributed by atoms with Gasteiger partial charge in [-0.2, -0.15) is 0 Å². The molecule has 0 amide bonds. The summed E-state index contributed by atoms with van der Waals surface area (Å²) < 4.78 is 10.4. The van der Waals surface area contributed by atoms with Crippen molar-refractivity contribution in [1.29, 1.82) is 0 Å². The Morgan fingerprint density at radius 3 is 2.50 bits per heavy atom. The summed E-state index contributed by atoms with van der Waals surface area (Å²) in [4.78, 5) is 5.00. The maximum atomic E-state index is 5.58. The molecular weight excluding hydrogens is 390 g/mol. The van der Waals surface area contributed by atoms with E-state index in [0.29, 0.717) is 6.61 Å². The van der Waals surface area contributed by atoms with Crippen LogP contribution in [0.15, 0.2) is 35.7 Å². The summed E-state index contributed by atoms with van der Waals surface area (Å²) in [6.45, 7) is 12.3. The first-order valence-electron chi connectivity index (χ1n) is 11.2. The van der Waals surface area contributed by atoms with Crippen molar-refractivity contribution in [3.8, 4) is 5.75 Å². The van der Waals surface area contributed by atoms with Gasteiger partial charge in [-0.3, -0.25) is 0 Å². The van der Waals surface area contributed by atoms with Crippen LogP contribution in [0.2, 0.25) is 0 Å². The second-order valence-electron chi connectivity index (χ2n) is 7.61. The van der Waals surface area contributed by atoms with Crippen LogP contribution in [0.25, 0.3) is 12.2 Å². The van der Waals surface area contributed by atoms with Crippen molar-refractivity contribution in [2.75, 3.05) is 19.7 Å². The van der Waals surface area contributed by atoms with E-state index in [2.05, 4.69) is 77.5 Å². The first-order valence-corrected chi connectivity index (χ1v) is 12.0. The van der Waals surface area contributed by atoms with Gasteiger partial charge in [0.1, 0.15) is 11.6 Å². The zero-order valence-electron chi connectivity index (χ0n) is 18.8. The highest BCUT2D eigenvalue weighted by Crippen LogP contribution is 2.30. The summed E-state index contributed by atoms with van der Waals surface area (Å²) in [5, 5.41) is 4.48. The molecule has 0 spiro atoms. The van der Waals surface area contributed by atoms with Crippen LogP contribution in [0.1, 0.15) is 51.9 Å². The molecule has 0 unspecified atom stereocenters. The molecule has 30 heavy (non-hydrogen) atoms. The first kappa shape index (κ1) is 22.7.